The molecule has 0 bridgehead atoms. The number of rotatable bonds is 4. The van der Waals surface area contributed by atoms with Gasteiger partial charge in [0.05, 0.1) is 12.9 Å². The number of anilines is 1. The lowest BCUT2D eigenvalue weighted by molar-refractivity contribution is 0.449. The molecule has 2 aromatic heterocycles. The fraction of sp³-hybridized carbons (Fsp3) is 0.615. The maximum absolute atomic E-state index is 12.6. The monoisotopic (exact) mass is 278 g/mol. The fourth-order valence-corrected chi connectivity index (χ4v) is 2.48. The third-order valence-electron chi connectivity index (χ3n) is 3.55. The number of aryl methyl sites for hydroxylation is 2. The van der Waals surface area contributed by atoms with Crippen LogP contribution in [0.25, 0.3) is 11.2 Å². The van der Waals surface area contributed by atoms with Gasteiger partial charge in [0, 0.05) is 32.6 Å². The molecule has 0 amide bonds. The Hall–Kier alpha value is -1.76. The molecule has 0 aromatic carbocycles. The van der Waals surface area contributed by atoms with Crippen molar-refractivity contribution >= 4 is 17.0 Å². The summed E-state index contributed by atoms with van der Waals surface area (Å²) in [5, 5.41) is 3.33. The second-order valence-electron chi connectivity index (χ2n) is 4.85. The van der Waals surface area contributed by atoms with Crippen molar-refractivity contribution in [2.75, 3.05) is 37.8 Å². The molecule has 3 rings (SSSR count). The quantitative estimate of drug-likeness (QED) is 0.895. The summed E-state index contributed by atoms with van der Waals surface area (Å²) < 4.78 is 14.4. The highest BCUT2D eigenvalue weighted by atomic mass is 19.1. The summed E-state index contributed by atoms with van der Waals surface area (Å²) in [4.78, 5) is 15.8. The first-order chi connectivity index (χ1) is 9.83. The summed E-state index contributed by atoms with van der Waals surface area (Å²) in [5.74, 6) is 1.66. The second-order valence-corrected chi connectivity index (χ2v) is 4.85. The van der Waals surface area contributed by atoms with Gasteiger partial charge in [-0.1, -0.05) is 6.92 Å². The molecule has 0 spiro atoms. The molecule has 1 fully saturated rings. The lowest BCUT2D eigenvalue weighted by Crippen LogP contribution is -2.44. The smallest absolute Gasteiger partial charge is 0.165 e. The van der Waals surface area contributed by atoms with Crippen molar-refractivity contribution in [1.82, 2.24) is 24.8 Å². The molecule has 0 atom stereocenters. The Balaban J connectivity index is 2.09. The summed E-state index contributed by atoms with van der Waals surface area (Å²) in [6, 6.07) is 0. The summed E-state index contributed by atoms with van der Waals surface area (Å²) in [6.45, 7) is 5.60. The van der Waals surface area contributed by atoms with Gasteiger partial charge < -0.3 is 14.8 Å². The minimum absolute atomic E-state index is 0.289. The average molecular weight is 278 g/mol. The zero-order valence-electron chi connectivity index (χ0n) is 11.6. The van der Waals surface area contributed by atoms with Crippen LogP contribution in [0.5, 0.6) is 0 Å². The summed E-state index contributed by atoms with van der Waals surface area (Å²) in [6.07, 6.45) is 2.42. The van der Waals surface area contributed by atoms with Crippen LogP contribution in [0.1, 0.15) is 12.7 Å². The first-order valence-electron chi connectivity index (χ1n) is 7.07. The maximum Gasteiger partial charge on any atom is 0.165 e. The van der Waals surface area contributed by atoms with E-state index in [2.05, 4.69) is 25.2 Å². The van der Waals surface area contributed by atoms with Crippen molar-refractivity contribution in [3.8, 4) is 0 Å². The van der Waals surface area contributed by atoms with Gasteiger partial charge in [-0.25, -0.2) is 19.3 Å². The highest BCUT2D eigenvalue weighted by molar-refractivity contribution is 5.83. The van der Waals surface area contributed by atoms with Crippen LogP contribution in [0.3, 0.4) is 0 Å². The van der Waals surface area contributed by atoms with Crippen molar-refractivity contribution < 1.29 is 4.39 Å². The Labute approximate surface area is 117 Å². The fourth-order valence-electron chi connectivity index (χ4n) is 2.48. The Morgan fingerprint density at radius 3 is 2.80 bits per heavy atom. The lowest BCUT2D eigenvalue weighted by atomic mass is 10.3. The minimum atomic E-state index is -0.417. The van der Waals surface area contributed by atoms with E-state index in [9.17, 15) is 4.39 Å². The molecule has 1 aliphatic heterocycles. The van der Waals surface area contributed by atoms with Gasteiger partial charge in [0.15, 0.2) is 17.0 Å². The number of nitrogens with zero attached hydrogens (tertiary/aromatic N) is 5. The zero-order chi connectivity index (χ0) is 13.9. The van der Waals surface area contributed by atoms with Crippen LogP contribution in [0.15, 0.2) is 6.33 Å². The first-order valence-corrected chi connectivity index (χ1v) is 7.07. The van der Waals surface area contributed by atoms with Crippen LogP contribution in [-0.2, 0) is 13.0 Å². The number of fused-ring (bicyclic) bond motifs is 1. The van der Waals surface area contributed by atoms with Crippen LogP contribution >= 0.6 is 0 Å². The van der Waals surface area contributed by atoms with Gasteiger partial charge in [0.1, 0.15) is 12.5 Å². The van der Waals surface area contributed by atoms with Crippen LogP contribution in [0.4, 0.5) is 10.2 Å². The molecule has 1 aliphatic rings. The highest BCUT2D eigenvalue weighted by Gasteiger charge is 2.19. The van der Waals surface area contributed by atoms with Crippen LogP contribution in [0.2, 0.25) is 0 Å². The molecule has 1 saturated heterocycles. The van der Waals surface area contributed by atoms with Crippen LogP contribution in [-0.4, -0.2) is 52.4 Å². The molecular formula is C13H19FN6. The van der Waals surface area contributed by atoms with Crippen LogP contribution < -0.4 is 10.2 Å². The van der Waals surface area contributed by atoms with Gasteiger partial charge in [0.2, 0.25) is 0 Å². The van der Waals surface area contributed by atoms with E-state index in [-0.39, 0.29) is 6.54 Å². The lowest BCUT2D eigenvalue weighted by Gasteiger charge is -2.28. The van der Waals surface area contributed by atoms with E-state index < -0.39 is 6.67 Å². The number of imidazole rings is 1. The van der Waals surface area contributed by atoms with Crippen molar-refractivity contribution in [3.63, 3.8) is 0 Å². The summed E-state index contributed by atoms with van der Waals surface area (Å²) >= 11 is 0. The Kier molecular flexibility index (Phi) is 3.77. The van der Waals surface area contributed by atoms with Gasteiger partial charge in [-0.2, -0.15) is 0 Å². The predicted octanol–water partition coefficient (Wildman–Crippen LogP) is 0.768. The Morgan fingerprint density at radius 2 is 2.10 bits per heavy atom. The molecule has 0 saturated carbocycles. The number of halogens is 1. The molecular weight excluding hydrogens is 259 g/mol. The molecule has 3 heterocycles. The molecule has 108 valence electrons. The maximum atomic E-state index is 12.6. The van der Waals surface area contributed by atoms with Gasteiger partial charge in [-0.3, -0.25) is 0 Å². The molecule has 0 aliphatic carbocycles. The topological polar surface area (TPSA) is 58.9 Å². The second kappa shape index (κ2) is 5.70. The van der Waals surface area contributed by atoms with Gasteiger partial charge in [-0.15, -0.1) is 0 Å². The van der Waals surface area contributed by atoms with E-state index in [1.54, 1.807) is 10.9 Å². The van der Waals surface area contributed by atoms with Crippen LogP contribution in [0, 0.1) is 0 Å². The third kappa shape index (κ3) is 2.33. The molecule has 0 unspecified atom stereocenters. The van der Waals surface area contributed by atoms with Gasteiger partial charge in [-0.05, 0) is 0 Å². The van der Waals surface area contributed by atoms with E-state index in [1.165, 1.54) is 0 Å². The van der Waals surface area contributed by atoms with Gasteiger partial charge >= 0.3 is 0 Å². The van der Waals surface area contributed by atoms with Gasteiger partial charge in [0.25, 0.3) is 0 Å². The van der Waals surface area contributed by atoms with Crippen molar-refractivity contribution in [2.45, 2.75) is 19.9 Å². The molecule has 7 heteroatoms. The summed E-state index contributed by atoms with van der Waals surface area (Å²) in [5.41, 5.74) is 1.51. The predicted molar refractivity (Wildman–Crippen MR) is 75.8 cm³/mol. The zero-order valence-corrected chi connectivity index (χ0v) is 11.6. The average Bonchev–Trinajstić information content (AvgIpc) is 2.91. The number of piperazine rings is 1. The molecule has 6 nitrogen and oxygen atoms in total. The largest absolute Gasteiger partial charge is 0.352 e. The Morgan fingerprint density at radius 1 is 1.30 bits per heavy atom. The Bertz CT molecular complexity index is 590. The van der Waals surface area contributed by atoms with E-state index >= 15 is 0 Å². The number of hydrogen-bond donors (Lipinski definition) is 1. The number of nitrogens with one attached hydrogen (secondary N) is 1. The number of aromatic nitrogens is 4. The standard InChI is InChI=1S/C13H19FN6/c1-2-10-17-12(19-7-4-15-5-8-19)11-13(18-10)20(6-3-14)9-16-11/h9,15H,2-8H2,1H3. The molecule has 1 N–H and O–H groups in total. The number of hydrogen-bond acceptors (Lipinski definition) is 5. The first kappa shape index (κ1) is 13.2. The summed E-state index contributed by atoms with van der Waals surface area (Å²) in [7, 11) is 0. The molecule has 20 heavy (non-hydrogen) atoms. The van der Waals surface area contributed by atoms with Crippen molar-refractivity contribution in [1.29, 1.82) is 0 Å². The van der Waals surface area contributed by atoms with Crippen molar-refractivity contribution in [3.05, 3.63) is 12.2 Å². The highest BCUT2D eigenvalue weighted by Crippen LogP contribution is 2.23. The third-order valence-corrected chi connectivity index (χ3v) is 3.55. The van der Waals surface area contributed by atoms with E-state index in [0.29, 0.717) is 0 Å². The molecule has 0 radical (unpaired) electrons. The van der Waals surface area contributed by atoms with E-state index in [0.717, 1.165) is 55.4 Å². The van der Waals surface area contributed by atoms with Crippen molar-refractivity contribution in [2.24, 2.45) is 0 Å². The number of alkyl halides is 1. The minimum Gasteiger partial charge on any atom is -0.352 e. The molecule has 2 aromatic rings. The SMILES string of the molecule is CCc1nc(N2CCNCC2)c2ncn(CCF)c2n1. The van der Waals surface area contributed by atoms with E-state index in [1.807, 2.05) is 6.92 Å². The van der Waals surface area contributed by atoms with E-state index in [4.69, 9.17) is 0 Å². The normalized spacial score (nSPS) is 16.0.